The van der Waals surface area contributed by atoms with Crippen molar-refractivity contribution in [2.45, 2.75) is 70.6 Å². The summed E-state index contributed by atoms with van der Waals surface area (Å²) in [5.74, 6) is 0.0868. The van der Waals surface area contributed by atoms with Crippen LogP contribution in [0.1, 0.15) is 52.4 Å². The van der Waals surface area contributed by atoms with E-state index in [9.17, 15) is 5.11 Å². The van der Waals surface area contributed by atoms with Gasteiger partial charge in [0.2, 0.25) is 0 Å². The Morgan fingerprint density at radius 2 is 2.05 bits per heavy atom. The number of rotatable bonds is 1. The molecule has 0 aliphatic heterocycles. The van der Waals surface area contributed by atoms with Crippen molar-refractivity contribution >= 4 is 0 Å². The van der Waals surface area contributed by atoms with Crippen molar-refractivity contribution in [2.75, 3.05) is 7.11 Å². The number of ether oxygens (including phenoxy) is 1. The molecule has 0 aromatic heterocycles. The first kappa shape index (κ1) is 17.4. The molecule has 0 aromatic rings. The van der Waals surface area contributed by atoms with Crippen molar-refractivity contribution in [3.63, 3.8) is 0 Å². The van der Waals surface area contributed by atoms with Crippen LogP contribution in [0.3, 0.4) is 0 Å². The van der Waals surface area contributed by atoms with Crippen molar-refractivity contribution < 1.29 is 9.84 Å². The fraction of sp³-hybridized carbons (Fsp3) is 0.765. The van der Waals surface area contributed by atoms with Gasteiger partial charge in [0.25, 0.3) is 0 Å². The molecule has 0 unspecified atom stereocenters. The van der Waals surface area contributed by atoms with Crippen LogP contribution < -0.4 is 5.73 Å². The third-order valence-electron chi connectivity index (χ3n) is 4.13. The molecule has 1 aliphatic carbocycles. The molecule has 0 saturated heterocycles. The van der Waals surface area contributed by atoms with Crippen LogP contribution in [0.25, 0.3) is 0 Å². The second-order valence-corrected chi connectivity index (χ2v) is 6.07. The summed E-state index contributed by atoms with van der Waals surface area (Å²) in [4.78, 5) is 0. The lowest BCUT2D eigenvalue weighted by Crippen LogP contribution is -2.31. The van der Waals surface area contributed by atoms with Gasteiger partial charge < -0.3 is 15.6 Å². The van der Waals surface area contributed by atoms with Gasteiger partial charge in [-0.15, -0.1) is 0 Å². The highest BCUT2D eigenvalue weighted by Crippen LogP contribution is 2.19. The fourth-order valence-electron chi connectivity index (χ4n) is 2.72. The van der Waals surface area contributed by atoms with Crippen molar-refractivity contribution in [1.82, 2.24) is 0 Å². The van der Waals surface area contributed by atoms with Crippen molar-refractivity contribution in [2.24, 2.45) is 11.7 Å². The highest BCUT2D eigenvalue weighted by atomic mass is 16.5. The molecule has 4 atom stereocenters. The first-order chi connectivity index (χ1) is 9.54. The van der Waals surface area contributed by atoms with Crippen LogP contribution in [-0.4, -0.2) is 30.5 Å². The minimum absolute atomic E-state index is 0.0868. The maximum atomic E-state index is 10.4. The first-order valence-corrected chi connectivity index (χ1v) is 7.85. The molecular formula is C17H31NO2. The Kier molecular flexibility index (Phi) is 8.12. The summed E-state index contributed by atoms with van der Waals surface area (Å²) in [6.45, 7) is 4.17. The van der Waals surface area contributed by atoms with Gasteiger partial charge in [0.05, 0.1) is 6.10 Å². The van der Waals surface area contributed by atoms with Crippen LogP contribution in [0.5, 0.6) is 0 Å². The Balaban J connectivity index is 2.76. The van der Waals surface area contributed by atoms with Crippen LogP contribution in [0.15, 0.2) is 23.8 Å². The molecule has 0 radical (unpaired) electrons. The summed E-state index contributed by atoms with van der Waals surface area (Å²) in [7, 11) is 1.66. The largest absolute Gasteiger partial charge is 0.389 e. The number of hydrogen-bond donors (Lipinski definition) is 2. The molecule has 0 heterocycles. The Morgan fingerprint density at radius 3 is 2.75 bits per heavy atom. The SMILES string of the molecule is CO[C@H]1/C=C/CCCC[C@H](N)CC/C(C)=C\[C@@H](C)[C@@H]1O. The van der Waals surface area contributed by atoms with E-state index < -0.39 is 6.10 Å². The van der Waals surface area contributed by atoms with E-state index in [4.69, 9.17) is 10.5 Å². The molecule has 0 fully saturated rings. The number of nitrogens with two attached hydrogens (primary N) is 1. The standard InChI is InChI=1S/C17H31NO2/c1-13-10-11-15(18)8-6-4-5-7-9-16(20-3)17(19)14(2)12-13/h7,9,12,14-17,19H,4-6,8,10-11,18H2,1-3H3/b9-7+,13-12-/t14-,15+,16+,17+/m1/s1. The van der Waals surface area contributed by atoms with Gasteiger partial charge in [-0.1, -0.05) is 37.1 Å². The third kappa shape index (κ3) is 6.21. The number of allylic oxidation sites excluding steroid dienone is 2. The summed E-state index contributed by atoms with van der Waals surface area (Å²) in [5, 5.41) is 10.4. The quantitative estimate of drug-likeness (QED) is 0.726. The summed E-state index contributed by atoms with van der Waals surface area (Å²) >= 11 is 0. The van der Waals surface area contributed by atoms with E-state index >= 15 is 0 Å². The Bertz CT molecular complexity index is 325. The van der Waals surface area contributed by atoms with E-state index in [1.807, 2.05) is 13.0 Å². The molecule has 3 heteroatoms. The van der Waals surface area contributed by atoms with Crippen molar-refractivity contribution in [1.29, 1.82) is 0 Å². The number of methoxy groups -OCH3 is 1. The zero-order valence-electron chi connectivity index (χ0n) is 13.2. The lowest BCUT2D eigenvalue weighted by Gasteiger charge is -2.23. The average molecular weight is 281 g/mol. The Labute approximate surface area is 123 Å². The molecule has 20 heavy (non-hydrogen) atoms. The Hall–Kier alpha value is -0.640. The maximum absolute atomic E-state index is 10.4. The van der Waals surface area contributed by atoms with Gasteiger partial charge in [-0.2, -0.15) is 0 Å². The van der Waals surface area contributed by atoms with Crippen LogP contribution in [-0.2, 0) is 4.74 Å². The van der Waals surface area contributed by atoms with Gasteiger partial charge in [-0.25, -0.2) is 0 Å². The lowest BCUT2D eigenvalue weighted by molar-refractivity contribution is -0.00188. The minimum atomic E-state index is -0.497. The molecule has 3 nitrogen and oxygen atoms in total. The van der Waals surface area contributed by atoms with Crippen LogP contribution >= 0.6 is 0 Å². The monoisotopic (exact) mass is 281 g/mol. The predicted molar refractivity (Wildman–Crippen MR) is 84.5 cm³/mol. The topological polar surface area (TPSA) is 55.5 Å². The molecule has 0 amide bonds. The van der Waals surface area contributed by atoms with Crippen LogP contribution in [0, 0.1) is 5.92 Å². The van der Waals surface area contributed by atoms with E-state index in [1.54, 1.807) is 7.11 Å². The van der Waals surface area contributed by atoms with Crippen LogP contribution in [0.2, 0.25) is 0 Å². The van der Waals surface area contributed by atoms with E-state index in [1.165, 1.54) is 12.0 Å². The van der Waals surface area contributed by atoms with Gasteiger partial charge in [0.1, 0.15) is 6.10 Å². The number of hydrogen-bond acceptors (Lipinski definition) is 3. The molecule has 0 saturated carbocycles. The van der Waals surface area contributed by atoms with Gasteiger partial charge in [0.15, 0.2) is 0 Å². The van der Waals surface area contributed by atoms with Gasteiger partial charge >= 0.3 is 0 Å². The summed E-state index contributed by atoms with van der Waals surface area (Å²) in [5.41, 5.74) is 7.45. The summed E-state index contributed by atoms with van der Waals surface area (Å²) in [6.07, 6.45) is 12.1. The van der Waals surface area contributed by atoms with Crippen molar-refractivity contribution in [3.05, 3.63) is 23.8 Å². The zero-order valence-corrected chi connectivity index (χ0v) is 13.2. The fourth-order valence-corrected chi connectivity index (χ4v) is 2.72. The minimum Gasteiger partial charge on any atom is -0.389 e. The predicted octanol–water partition coefficient (Wildman–Crippen LogP) is 3.18. The normalized spacial score (nSPS) is 38.5. The van der Waals surface area contributed by atoms with Gasteiger partial charge in [0, 0.05) is 19.1 Å². The molecule has 0 bridgehead atoms. The van der Waals surface area contributed by atoms with Crippen LogP contribution in [0.4, 0.5) is 0 Å². The first-order valence-electron chi connectivity index (χ1n) is 7.85. The van der Waals surface area contributed by atoms with E-state index in [-0.39, 0.29) is 12.0 Å². The Morgan fingerprint density at radius 1 is 1.30 bits per heavy atom. The smallest absolute Gasteiger partial charge is 0.102 e. The highest BCUT2D eigenvalue weighted by Gasteiger charge is 2.21. The summed E-state index contributed by atoms with van der Waals surface area (Å²) in [6, 6.07) is 0.303. The van der Waals surface area contributed by atoms with E-state index in [0.29, 0.717) is 6.04 Å². The molecule has 3 N–H and O–H groups in total. The molecule has 116 valence electrons. The average Bonchev–Trinajstić information content (AvgIpc) is 2.43. The second-order valence-electron chi connectivity index (χ2n) is 6.07. The van der Waals surface area contributed by atoms with Crippen molar-refractivity contribution in [3.8, 4) is 0 Å². The van der Waals surface area contributed by atoms with Gasteiger partial charge in [-0.3, -0.25) is 0 Å². The van der Waals surface area contributed by atoms with Gasteiger partial charge in [-0.05, 0) is 39.0 Å². The van der Waals surface area contributed by atoms with E-state index in [2.05, 4.69) is 19.1 Å². The third-order valence-corrected chi connectivity index (χ3v) is 4.13. The highest BCUT2D eigenvalue weighted by molar-refractivity contribution is 5.05. The second kappa shape index (κ2) is 9.32. The molecule has 0 spiro atoms. The maximum Gasteiger partial charge on any atom is 0.102 e. The number of aliphatic hydroxyl groups is 1. The molecular weight excluding hydrogens is 250 g/mol. The summed E-state index contributed by atoms with van der Waals surface area (Å²) < 4.78 is 5.40. The zero-order chi connectivity index (χ0) is 15.0. The molecule has 1 rings (SSSR count). The molecule has 1 aliphatic rings. The molecule has 0 aromatic carbocycles. The lowest BCUT2D eigenvalue weighted by atomic mass is 9.93. The number of aliphatic hydroxyl groups excluding tert-OH is 1. The van der Waals surface area contributed by atoms with E-state index in [0.717, 1.165) is 32.1 Å².